The van der Waals surface area contributed by atoms with Crippen LogP contribution in [-0.4, -0.2) is 27.6 Å². The van der Waals surface area contributed by atoms with Crippen molar-refractivity contribution in [2.24, 2.45) is 5.92 Å². The van der Waals surface area contributed by atoms with Crippen LogP contribution in [0.2, 0.25) is 0 Å². The lowest BCUT2D eigenvalue weighted by Crippen LogP contribution is -2.46. The van der Waals surface area contributed by atoms with E-state index in [-0.39, 0.29) is 12.1 Å². The number of carbonyl (C=O) groups is 1. The van der Waals surface area contributed by atoms with Gasteiger partial charge in [0.25, 0.3) is 5.89 Å². The van der Waals surface area contributed by atoms with Gasteiger partial charge in [0, 0.05) is 17.8 Å². The predicted octanol–water partition coefficient (Wildman–Crippen LogP) is 6.15. The standard InChI is InChI=1S/C27H32N4O2/c1-6-20-9-13-21(14-10-20)24-23(19(5)31(27(32)28-24)16-15-17(2)3)26-29-25(30-33-26)22-11-7-18(4)8-12-22/h7-14,17,24H,6,15-16H2,1-5H3,(H,28,32). The van der Waals surface area contributed by atoms with Crippen LogP contribution in [0.5, 0.6) is 0 Å². The van der Waals surface area contributed by atoms with Gasteiger partial charge in [-0.2, -0.15) is 4.98 Å². The Kier molecular flexibility index (Phi) is 6.63. The molecule has 1 aromatic heterocycles. The van der Waals surface area contributed by atoms with Gasteiger partial charge in [-0.3, -0.25) is 4.90 Å². The van der Waals surface area contributed by atoms with Gasteiger partial charge in [-0.1, -0.05) is 80.0 Å². The average molecular weight is 445 g/mol. The second kappa shape index (κ2) is 9.61. The molecular weight excluding hydrogens is 412 g/mol. The Morgan fingerprint density at radius 2 is 1.76 bits per heavy atom. The summed E-state index contributed by atoms with van der Waals surface area (Å²) in [4.78, 5) is 19.6. The van der Waals surface area contributed by atoms with E-state index >= 15 is 0 Å². The summed E-state index contributed by atoms with van der Waals surface area (Å²) in [6, 6.07) is 15.9. The van der Waals surface area contributed by atoms with Gasteiger partial charge in [-0.05, 0) is 43.7 Å². The molecule has 2 heterocycles. The van der Waals surface area contributed by atoms with Crippen molar-refractivity contribution in [2.45, 2.75) is 53.5 Å². The number of nitrogens with zero attached hydrogens (tertiary/aromatic N) is 3. The third-order valence-electron chi connectivity index (χ3n) is 6.21. The van der Waals surface area contributed by atoms with Gasteiger partial charge >= 0.3 is 6.03 Å². The zero-order valence-corrected chi connectivity index (χ0v) is 20.1. The summed E-state index contributed by atoms with van der Waals surface area (Å²) in [6.07, 6.45) is 1.87. The molecule has 2 amide bonds. The Bertz CT molecular complexity index is 1140. The quantitative estimate of drug-likeness (QED) is 0.474. The summed E-state index contributed by atoms with van der Waals surface area (Å²) in [5.41, 5.74) is 6.01. The van der Waals surface area contributed by atoms with Gasteiger partial charge in [0.2, 0.25) is 5.82 Å². The number of amides is 2. The number of rotatable bonds is 7. The molecule has 0 bridgehead atoms. The number of benzene rings is 2. The Labute approximate surface area is 195 Å². The molecule has 0 saturated carbocycles. The van der Waals surface area contributed by atoms with Gasteiger partial charge in [-0.15, -0.1) is 0 Å². The van der Waals surface area contributed by atoms with E-state index in [2.05, 4.69) is 55.5 Å². The zero-order chi connectivity index (χ0) is 23.5. The summed E-state index contributed by atoms with van der Waals surface area (Å²) in [5.74, 6) is 1.46. The van der Waals surface area contributed by atoms with Crippen LogP contribution in [0.4, 0.5) is 4.79 Å². The number of aromatic nitrogens is 2. The first-order chi connectivity index (χ1) is 15.9. The molecule has 172 valence electrons. The van der Waals surface area contributed by atoms with Crippen molar-refractivity contribution in [3.63, 3.8) is 0 Å². The van der Waals surface area contributed by atoms with Crippen LogP contribution >= 0.6 is 0 Å². The summed E-state index contributed by atoms with van der Waals surface area (Å²) in [5, 5.41) is 7.43. The maximum atomic E-state index is 13.1. The van der Waals surface area contributed by atoms with E-state index in [1.165, 1.54) is 11.1 Å². The summed E-state index contributed by atoms with van der Waals surface area (Å²) in [6.45, 7) is 11.1. The van der Waals surface area contributed by atoms with E-state index in [4.69, 9.17) is 9.51 Å². The average Bonchev–Trinajstić information content (AvgIpc) is 3.28. The molecule has 6 nitrogen and oxygen atoms in total. The van der Waals surface area contributed by atoms with Crippen molar-refractivity contribution < 1.29 is 9.32 Å². The van der Waals surface area contributed by atoms with Gasteiger partial charge in [0.15, 0.2) is 0 Å². The highest BCUT2D eigenvalue weighted by Crippen LogP contribution is 2.37. The second-order valence-electron chi connectivity index (χ2n) is 9.10. The molecule has 1 atom stereocenters. The van der Waals surface area contributed by atoms with Crippen molar-refractivity contribution in [2.75, 3.05) is 6.54 Å². The molecule has 33 heavy (non-hydrogen) atoms. The lowest BCUT2D eigenvalue weighted by molar-refractivity contribution is 0.202. The molecule has 1 unspecified atom stereocenters. The Balaban J connectivity index is 1.77. The van der Waals surface area contributed by atoms with Crippen LogP contribution in [0.1, 0.15) is 62.7 Å². The van der Waals surface area contributed by atoms with Crippen LogP contribution in [0.25, 0.3) is 17.0 Å². The normalized spacial score (nSPS) is 16.5. The highest BCUT2D eigenvalue weighted by Gasteiger charge is 2.35. The van der Waals surface area contributed by atoms with E-state index in [1.54, 1.807) is 4.90 Å². The first-order valence-corrected chi connectivity index (χ1v) is 11.7. The highest BCUT2D eigenvalue weighted by molar-refractivity contribution is 5.86. The lowest BCUT2D eigenvalue weighted by atomic mass is 9.93. The van der Waals surface area contributed by atoms with Gasteiger partial charge < -0.3 is 9.84 Å². The van der Waals surface area contributed by atoms with Crippen molar-refractivity contribution in [3.05, 3.63) is 76.8 Å². The molecule has 3 aromatic rings. The monoisotopic (exact) mass is 444 g/mol. The summed E-state index contributed by atoms with van der Waals surface area (Å²) >= 11 is 0. The van der Waals surface area contributed by atoms with E-state index in [0.717, 1.165) is 35.2 Å². The maximum Gasteiger partial charge on any atom is 0.322 e. The lowest BCUT2D eigenvalue weighted by Gasteiger charge is -2.35. The van der Waals surface area contributed by atoms with E-state index in [9.17, 15) is 4.79 Å². The number of urea groups is 1. The van der Waals surface area contributed by atoms with Crippen LogP contribution in [0, 0.1) is 12.8 Å². The van der Waals surface area contributed by atoms with Crippen LogP contribution in [0.3, 0.4) is 0 Å². The molecule has 2 aromatic carbocycles. The van der Waals surface area contributed by atoms with Crippen molar-refractivity contribution in [1.82, 2.24) is 20.4 Å². The summed E-state index contributed by atoms with van der Waals surface area (Å²) in [7, 11) is 0. The Morgan fingerprint density at radius 3 is 2.39 bits per heavy atom. The maximum absolute atomic E-state index is 13.1. The number of aryl methyl sites for hydroxylation is 2. The molecule has 1 N–H and O–H groups in total. The van der Waals surface area contributed by atoms with Gasteiger partial charge in [-0.25, -0.2) is 4.79 Å². The van der Waals surface area contributed by atoms with Crippen molar-refractivity contribution in [1.29, 1.82) is 0 Å². The van der Waals surface area contributed by atoms with Gasteiger partial charge in [0.1, 0.15) is 0 Å². The second-order valence-corrected chi connectivity index (χ2v) is 9.10. The fraction of sp³-hybridized carbons (Fsp3) is 0.370. The number of nitrogens with one attached hydrogen (secondary N) is 1. The molecule has 6 heteroatoms. The minimum atomic E-state index is -0.356. The van der Waals surface area contributed by atoms with Gasteiger partial charge in [0.05, 0.1) is 11.6 Å². The van der Waals surface area contributed by atoms with E-state index in [1.807, 2.05) is 38.1 Å². The number of hydrogen-bond acceptors (Lipinski definition) is 4. The minimum absolute atomic E-state index is 0.0975. The first-order valence-electron chi connectivity index (χ1n) is 11.7. The molecule has 1 aliphatic rings. The third-order valence-corrected chi connectivity index (χ3v) is 6.21. The molecule has 0 aliphatic carbocycles. The topological polar surface area (TPSA) is 71.3 Å². The molecule has 4 rings (SSSR count). The molecule has 0 spiro atoms. The summed E-state index contributed by atoms with van der Waals surface area (Å²) < 4.78 is 5.77. The first kappa shape index (κ1) is 22.8. The van der Waals surface area contributed by atoms with E-state index in [0.29, 0.717) is 24.2 Å². The van der Waals surface area contributed by atoms with Crippen molar-refractivity contribution >= 4 is 11.6 Å². The number of hydrogen-bond donors (Lipinski definition) is 1. The predicted molar refractivity (Wildman–Crippen MR) is 130 cm³/mol. The smallest absolute Gasteiger partial charge is 0.322 e. The number of allylic oxidation sites excluding steroid dienone is 1. The highest BCUT2D eigenvalue weighted by atomic mass is 16.5. The van der Waals surface area contributed by atoms with Crippen LogP contribution in [-0.2, 0) is 6.42 Å². The Hall–Kier alpha value is -3.41. The fourth-order valence-corrected chi connectivity index (χ4v) is 4.06. The van der Waals surface area contributed by atoms with E-state index < -0.39 is 0 Å². The van der Waals surface area contributed by atoms with Crippen LogP contribution in [0.15, 0.2) is 58.8 Å². The zero-order valence-electron chi connectivity index (χ0n) is 20.1. The minimum Gasteiger partial charge on any atom is -0.334 e. The molecule has 0 fully saturated rings. The molecule has 0 radical (unpaired) electrons. The SMILES string of the molecule is CCc1ccc(C2NC(=O)N(CCC(C)C)C(C)=C2c2nc(-c3ccc(C)cc3)no2)cc1. The van der Waals surface area contributed by atoms with Crippen LogP contribution < -0.4 is 5.32 Å². The molecule has 1 aliphatic heterocycles. The molecular formula is C27H32N4O2. The largest absolute Gasteiger partial charge is 0.334 e. The van der Waals surface area contributed by atoms with Crippen molar-refractivity contribution in [3.8, 4) is 11.4 Å². The number of carbonyl (C=O) groups excluding carboxylic acids is 1. The third kappa shape index (κ3) is 4.85. The Morgan fingerprint density at radius 1 is 1.06 bits per heavy atom. The fourth-order valence-electron chi connectivity index (χ4n) is 4.06. The molecule has 0 saturated heterocycles.